The normalized spacial score (nSPS) is 10.1. The maximum Gasteiger partial charge on any atom is 0.196 e. The third-order valence-electron chi connectivity index (χ3n) is 4.28. The van der Waals surface area contributed by atoms with Gasteiger partial charge in [0, 0.05) is 30.9 Å². The van der Waals surface area contributed by atoms with Gasteiger partial charge in [0.2, 0.25) is 0 Å². The summed E-state index contributed by atoms with van der Waals surface area (Å²) in [5.41, 5.74) is 3.02. The molecule has 0 aliphatic carbocycles. The molecule has 0 fully saturated rings. The van der Waals surface area contributed by atoms with Gasteiger partial charge in [-0.1, -0.05) is 72.8 Å². The van der Waals surface area contributed by atoms with E-state index in [0.29, 0.717) is 11.1 Å². The molecule has 0 radical (unpaired) electrons. The lowest BCUT2D eigenvalue weighted by molar-refractivity contribution is 0.0964. The predicted molar refractivity (Wildman–Crippen MR) is 110 cm³/mol. The number of carbonyl (C=O) groups excluding carboxylic acids is 2. The molecule has 3 heteroatoms. The van der Waals surface area contributed by atoms with Crippen molar-refractivity contribution < 1.29 is 9.59 Å². The Kier molecular flexibility index (Phi) is 5.62. The highest BCUT2D eigenvalue weighted by atomic mass is 16.1. The second-order valence-electron chi connectivity index (χ2n) is 6.43. The van der Waals surface area contributed by atoms with Gasteiger partial charge < -0.3 is 4.90 Å². The van der Waals surface area contributed by atoms with Gasteiger partial charge in [-0.15, -0.1) is 0 Å². The molecule has 0 saturated heterocycles. The lowest BCUT2D eigenvalue weighted by Gasteiger charge is -2.12. The van der Waals surface area contributed by atoms with E-state index in [1.807, 2.05) is 55.4 Å². The van der Waals surface area contributed by atoms with E-state index < -0.39 is 0 Å². The maximum absolute atomic E-state index is 13.0. The first-order valence-corrected chi connectivity index (χ1v) is 8.75. The van der Waals surface area contributed by atoms with Crippen molar-refractivity contribution in [1.29, 1.82) is 0 Å². The van der Waals surface area contributed by atoms with E-state index in [4.69, 9.17) is 0 Å². The van der Waals surface area contributed by atoms with E-state index in [0.717, 1.165) is 11.3 Å². The summed E-state index contributed by atoms with van der Waals surface area (Å²) in [4.78, 5) is 28.1. The minimum atomic E-state index is -0.277. The number of rotatable bonds is 6. The summed E-state index contributed by atoms with van der Waals surface area (Å²) in [5, 5.41) is 0. The van der Waals surface area contributed by atoms with Gasteiger partial charge in [0.05, 0.1) is 5.57 Å². The van der Waals surface area contributed by atoms with Crippen LogP contribution in [0.3, 0.4) is 0 Å². The molecule has 3 aromatic carbocycles. The minimum Gasteiger partial charge on any atom is -0.378 e. The fourth-order valence-corrected chi connectivity index (χ4v) is 2.76. The molecule has 0 saturated carbocycles. The minimum absolute atomic E-state index is 0.157. The van der Waals surface area contributed by atoms with Gasteiger partial charge in [0.1, 0.15) is 0 Å². The van der Waals surface area contributed by atoms with Crippen molar-refractivity contribution >= 4 is 23.3 Å². The third-order valence-corrected chi connectivity index (χ3v) is 4.28. The molecule has 0 N–H and O–H groups in total. The first-order chi connectivity index (χ1) is 13.1. The predicted octanol–water partition coefficient (Wildman–Crippen LogP) is 4.90. The Morgan fingerprint density at radius 3 is 1.52 bits per heavy atom. The quantitative estimate of drug-likeness (QED) is 0.273. The first-order valence-electron chi connectivity index (χ1n) is 8.75. The number of hydrogen-bond acceptors (Lipinski definition) is 3. The van der Waals surface area contributed by atoms with Crippen molar-refractivity contribution in [2.45, 2.75) is 0 Å². The Morgan fingerprint density at radius 2 is 1.11 bits per heavy atom. The number of anilines is 1. The second-order valence-corrected chi connectivity index (χ2v) is 6.43. The third kappa shape index (κ3) is 4.39. The number of hydrogen-bond donors (Lipinski definition) is 0. The molecule has 0 heterocycles. The second kappa shape index (κ2) is 8.28. The van der Waals surface area contributed by atoms with E-state index >= 15 is 0 Å². The molecule has 0 aliphatic rings. The van der Waals surface area contributed by atoms with Crippen LogP contribution >= 0.6 is 0 Å². The van der Waals surface area contributed by atoms with Crippen molar-refractivity contribution in [2.75, 3.05) is 19.0 Å². The molecule has 0 spiro atoms. The van der Waals surface area contributed by atoms with E-state index in [9.17, 15) is 9.59 Å². The molecule has 3 aromatic rings. The molecule has 3 rings (SSSR count). The zero-order valence-electron chi connectivity index (χ0n) is 15.4. The van der Waals surface area contributed by atoms with Gasteiger partial charge in [-0.05, 0) is 23.8 Å². The Balaban J connectivity index is 2.04. The van der Waals surface area contributed by atoms with Crippen molar-refractivity contribution in [3.63, 3.8) is 0 Å². The van der Waals surface area contributed by atoms with Gasteiger partial charge in [-0.25, -0.2) is 0 Å². The van der Waals surface area contributed by atoms with Crippen molar-refractivity contribution in [1.82, 2.24) is 0 Å². The van der Waals surface area contributed by atoms with Crippen LogP contribution in [0, 0.1) is 0 Å². The highest BCUT2D eigenvalue weighted by Gasteiger charge is 2.21. The van der Waals surface area contributed by atoms with Crippen LogP contribution in [0.5, 0.6) is 0 Å². The lowest BCUT2D eigenvalue weighted by Crippen LogP contribution is -2.13. The monoisotopic (exact) mass is 355 g/mol. The zero-order valence-corrected chi connectivity index (χ0v) is 15.4. The summed E-state index contributed by atoms with van der Waals surface area (Å²) < 4.78 is 0. The Morgan fingerprint density at radius 1 is 0.667 bits per heavy atom. The molecule has 27 heavy (non-hydrogen) atoms. The molecule has 0 atom stereocenters. The summed E-state index contributed by atoms with van der Waals surface area (Å²) in [6.45, 7) is 0. The average molecular weight is 355 g/mol. The topological polar surface area (TPSA) is 37.4 Å². The lowest BCUT2D eigenvalue weighted by atomic mass is 9.94. The number of allylic oxidation sites excluding steroid dienone is 1. The molecule has 0 bridgehead atoms. The number of carbonyl (C=O) groups is 2. The number of Topliss-reactive ketones (excluding diaryl/α,β-unsaturated/α-hetero) is 2. The Bertz CT molecular complexity index is 903. The maximum atomic E-state index is 13.0. The summed E-state index contributed by atoms with van der Waals surface area (Å²) >= 11 is 0. The van der Waals surface area contributed by atoms with Crippen LogP contribution in [0.15, 0.2) is 90.5 Å². The molecule has 0 amide bonds. The van der Waals surface area contributed by atoms with Gasteiger partial charge in [-0.2, -0.15) is 0 Å². The molecule has 0 unspecified atom stereocenters. The molecule has 0 aromatic heterocycles. The Labute approximate surface area is 159 Å². The SMILES string of the molecule is CN(C)c1ccc(C=C(C(=O)c2ccccc2)C(=O)c2ccccc2)cc1. The van der Waals surface area contributed by atoms with Gasteiger partial charge >= 0.3 is 0 Å². The summed E-state index contributed by atoms with van der Waals surface area (Å²) in [5.74, 6) is -0.553. The summed E-state index contributed by atoms with van der Waals surface area (Å²) in [7, 11) is 3.93. The largest absolute Gasteiger partial charge is 0.378 e. The summed E-state index contributed by atoms with van der Waals surface area (Å²) in [6, 6.07) is 25.5. The standard InChI is InChI=1S/C24H21NO2/c1-25(2)21-15-13-18(14-16-21)17-22(23(26)19-9-5-3-6-10-19)24(27)20-11-7-4-8-12-20/h3-17H,1-2H3. The van der Waals surface area contributed by atoms with Crippen LogP contribution in [0.4, 0.5) is 5.69 Å². The number of benzene rings is 3. The van der Waals surface area contributed by atoms with Crippen LogP contribution in [0.2, 0.25) is 0 Å². The smallest absolute Gasteiger partial charge is 0.196 e. The number of ketones is 2. The van der Waals surface area contributed by atoms with E-state index in [-0.39, 0.29) is 17.1 Å². The summed E-state index contributed by atoms with van der Waals surface area (Å²) in [6.07, 6.45) is 1.67. The van der Waals surface area contributed by atoms with E-state index in [1.54, 1.807) is 54.6 Å². The molecule has 134 valence electrons. The van der Waals surface area contributed by atoms with Crippen LogP contribution in [-0.2, 0) is 0 Å². The van der Waals surface area contributed by atoms with Gasteiger partial charge in [0.25, 0.3) is 0 Å². The highest BCUT2D eigenvalue weighted by Crippen LogP contribution is 2.20. The van der Waals surface area contributed by atoms with E-state index in [1.165, 1.54) is 0 Å². The van der Waals surface area contributed by atoms with Crippen molar-refractivity contribution in [3.8, 4) is 0 Å². The fraction of sp³-hybridized carbons (Fsp3) is 0.0833. The van der Waals surface area contributed by atoms with Crippen molar-refractivity contribution in [3.05, 3.63) is 107 Å². The first kappa shape index (κ1) is 18.3. The van der Waals surface area contributed by atoms with Gasteiger partial charge in [-0.3, -0.25) is 9.59 Å². The zero-order chi connectivity index (χ0) is 19.2. The molecular formula is C24H21NO2. The van der Waals surface area contributed by atoms with Crippen LogP contribution in [0.25, 0.3) is 6.08 Å². The molecular weight excluding hydrogens is 334 g/mol. The van der Waals surface area contributed by atoms with Crippen LogP contribution in [0.1, 0.15) is 26.3 Å². The highest BCUT2D eigenvalue weighted by molar-refractivity contribution is 6.33. The van der Waals surface area contributed by atoms with E-state index in [2.05, 4.69) is 0 Å². The fourth-order valence-electron chi connectivity index (χ4n) is 2.76. The van der Waals surface area contributed by atoms with Gasteiger partial charge in [0.15, 0.2) is 11.6 Å². The average Bonchev–Trinajstić information content (AvgIpc) is 2.72. The number of nitrogens with zero attached hydrogens (tertiary/aromatic N) is 1. The molecule has 3 nitrogen and oxygen atoms in total. The van der Waals surface area contributed by atoms with Crippen LogP contribution in [-0.4, -0.2) is 25.7 Å². The van der Waals surface area contributed by atoms with Crippen molar-refractivity contribution in [2.24, 2.45) is 0 Å². The Hall–Kier alpha value is -3.46. The molecule has 0 aliphatic heterocycles. The van der Waals surface area contributed by atoms with Crippen LogP contribution < -0.4 is 4.90 Å².